The maximum Gasteiger partial charge on any atom is 0.251 e. The van der Waals surface area contributed by atoms with Gasteiger partial charge in [-0.15, -0.1) is 6.58 Å². The summed E-state index contributed by atoms with van der Waals surface area (Å²) in [7, 11) is -4.11. The third-order valence-corrected chi connectivity index (χ3v) is 4.68. The molecule has 0 atom stereocenters. The maximum atomic E-state index is 13.8. The summed E-state index contributed by atoms with van der Waals surface area (Å²) in [5, 5.41) is 2.52. The van der Waals surface area contributed by atoms with Crippen LogP contribution in [0.5, 0.6) is 0 Å². The van der Waals surface area contributed by atoms with E-state index in [4.69, 9.17) is 0 Å². The van der Waals surface area contributed by atoms with E-state index in [-0.39, 0.29) is 18.7 Å². The molecule has 2 aromatic carbocycles. The Kier molecular flexibility index (Phi) is 6.00. The summed E-state index contributed by atoms with van der Waals surface area (Å²) in [5.41, 5.74) is 0.507. The molecule has 25 heavy (non-hydrogen) atoms. The van der Waals surface area contributed by atoms with Gasteiger partial charge in [0.2, 0.25) is 10.0 Å². The van der Waals surface area contributed by atoms with Crippen LogP contribution in [0.1, 0.15) is 15.9 Å². The first kappa shape index (κ1) is 18.8. The van der Waals surface area contributed by atoms with E-state index in [1.807, 2.05) is 0 Å². The Morgan fingerprint density at radius 2 is 1.92 bits per heavy atom. The van der Waals surface area contributed by atoms with Gasteiger partial charge in [-0.05, 0) is 35.9 Å². The van der Waals surface area contributed by atoms with Crippen LogP contribution in [-0.4, -0.2) is 20.9 Å². The van der Waals surface area contributed by atoms with Crippen molar-refractivity contribution in [3.05, 3.63) is 77.9 Å². The number of hydrogen-bond donors (Lipinski definition) is 2. The lowest BCUT2D eigenvalue weighted by Gasteiger charge is -2.09. The third-order valence-electron chi connectivity index (χ3n) is 3.24. The molecule has 2 N–H and O–H groups in total. The van der Waals surface area contributed by atoms with Crippen molar-refractivity contribution in [1.82, 2.24) is 10.0 Å². The van der Waals surface area contributed by atoms with Gasteiger partial charge >= 0.3 is 0 Å². The summed E-state index contributed by atoms with van der Waals surface area (Å²) in [5.74, 6) is -2.02. The molecule has 0 fully saturated rings. The van der Waals surface area contributed by atoms with Gasteiger partial charge in [0, 0.05) is 18.7 Å². The number of hydrogen-bond acceptors (Lipinski definition) is 3. The zero-order valence-corrected chi connectivity index (χ0v) is 13.9. The fraction of sp³-hybridized carbons (Fsp3) is 0.118. The summed E-state index contributed by atoms with van der Waals surface area (Å²) in [6, 6.07) is 8.69. The first-order chi connectivity index (χ1) is 11.8. The van der Waals surface area contributed by atoms with Crippen molar-refractivity contribution in [2.24, 2.45) is 0 Å². The number of sulfonamides is 1. The summed E-state index contributed by atoms with van der Waals surface area (Å²) in [4.78, 5) is 11.5. The first-order valence-electron chi connectivity index (χ1n) is 7.26. The molecule has 1 amide bonds. The number of benzene rings is 2. The smallest absolute Gasteiger partial charge is 0.251 e. The summed E-state index contributed by atoms with van der Waals surface area (Å²) in [6.07, 6.45) is 1.31. The number of nitrogens with one attached hydrogen (secondary N) is 2. The van der Waals surface area contributed by atoms with E-state index in [9.17, 15) is 22.0 Å². The number of carbonyl (C=O) groups is 1. The first-order valence-corrected chi connectivity index (χ1v) is 8.74. The molecule has 0 aliphatic carbocycles. The zero-order chi connectivity index (χ0) is 18.4. The maximum absolute atomic E-state index is 13.8. The van der Waals surface area contributed by atoms with Crippen LogP contribution in [0.15, 0.2) is 60.0 Å². The van der Waals surface area contributed by atoms with Crippen LogP contribution in [0.3, 0.4) is 0 Å². The van der Waals surface area contributed by atoms with Crippen molar-refractivity contribution in [2.75, 3.05) is 6.54 Å². The normalized spacial score (nSPS) is 11.1. The van der Waals surface area contributed by atoms with Gasteiger partial charge in [0.25, 0.3) is 5.91 Å². The second-order valence-electron chi connectivity index (χ2n) is 5.10. The molecule has 0 saturated heterocycles. The molecule has 2 rings (SSSR count). The predicted molar refractivity (Wildman–Crippen MR) is 89.4 cm³/mol. The standard InChI is InChI=1S/C17H16F2N2O3S/c1-2-8-21-25(23,24)16-10-13(6-7-15(16)19)17(22)20-11-12-4-3-5-14(18)9-12/h2-7,9-10,21H,1,8,11H2,(H,20,22). The van der Waals surface area contributed by atoms with Gasteiger partial charge in [0.05, 0.1) is 0 Å². The molecule has 8 heteroatoms. The van der Waals surface area contributed by atoms with Crippen molar-refractivity contribution >= 4 is 15.9 Å². The lowest BCUT2D eigenvalue weighted by molar-refractivity contribution is 0.0950. The molecular formula is C17H16F2N2O3S. The SMILES string of the molecule is C=CCNS(=O)(=O)c1cc(C(=O)NCc2cccc(F)c2)ccc1F. The molecule has 0 radical (unpaired) electrons. The second-order valence-corrected chi connectivity index (χ2v) is 6.83. The molecule has 0 bridgehead atoms. The van der Waals surface area contributed by atoms with Gasteiger partial charge in [-0.3, -0.25) is 4.79 Å². The van der Waals surface area contributed by atoms with Gasteiger partial charge in [-0.25, -0.2) is 21.9 Å². The average molecular weight is 366 g/mol. The molecular weight excluding hydrogens is 350 g/mol. The van der Waals surface area contributed by atoms with Crippen molar-refractivity contribution < 1.29 is 22.0 Å². The average Bonchev–Trinajstić information content (AvgIpc) is 2.58. The minimum Gasteiger partial charge on any atom is -0.348 e. The summed E-state index contributed by atoms with van der Waals surface area (Å²) < 4.78 is 53.1. The summed E-state index contributed by atoms with van der Waals surface area (Å²) in [6.45, 7) is 3.35. The predicted octanol–water partition coefficient (Wildman–Crippen LogP) is 2.36. The Hall–Kier alpha value is -2.58. The topological polar surface area (TPSA) is 75.3 Å². The number of amides is 1. The lowest BCUT2D eigenvalue weighted by Crippen LogP contribution is -2.26. The van der Waals surface area contributed by atoms with Crippen LogP contribution in [0.2, 0.25) is 0 Å². The highest BCUT2D eigenvalue weighted by atomic mass is 32.2. The zero-order valence-electron chi connectivity index (χ0n) is 13.1. The molecule has 5 nitrogen and oxygen atoms in total. The highest BCUT2D eigenvalue weighted by molar-refractivity contribution is 7.89. The van der Waals surface area contributed by atoms with Crippen LogP contribution in [-0.2, 0) is 16.6 Å². The molecule has 0 aromatic heterocycles. The van der Waals surface area contributed by atoms with E-state index in [0.29, 0.717) is 5.56 Å². The van der Waals surface area contributed by atoms with E-state index in [2.05, 4.69) is 16.6 Å². The van der Waals surface area contributed by atoms with E-state index < -0.39 is 32.5 Å². The van der Waals surface area contributed by atoms with E-state index in [1.165, 1.54) is 30.3 Å². The number of rotatable bonds is 7. The molecule has 0 spiro atoms. The summed E-state index contributed by atoms with van der Waals surface area (Å²) >= 11 is 0. The Balaban J connectivity index is 2.18. The lowest BCUT2D eigenvalue weighted by atomic mass is 10.2. The van der Waals surface area contributed by atoms with E-state index in [0.717, 1.165) is 12.1 Å². The highest BCUT2D eigenvalue weighted by Gasteiger charge is 2.20. The Bertz CT molecular complexity index is 899. The molecule has 132 valence electrons. The minimum atomic E-state index is -4.11. The number of carbonyl (C=O) groups excluding carboxylic acids is 1. The molecule has 0 aliphatic heterocycles. The van der Waals surface area contributed by atoms with E-state index in [1.54, 1.807) is 6.07 Å². The van der Waals surface area contributed by atoms with Crippen LogP contribution < -0.4 is 10.0 Å². The van der Waals surface area contributed by atoms with E-state index >= 15 is 0 Å². The molecule has 0 unspecified atom stereocenters. The fourth-order valence-corrected chi connectivity index (χ4v) is 3.13. The van der Waals surface area contributed by atoms with Crippen molar-refractivity contribution in [1.29, 1.82) is 0 Å². The van der Waals surface area contributed by atoms with Crippen LogP contribution in [0, 0.1) is 11.6 Å². The quantitative estimate of drug-likeness (QED) is 0.739. The monoisotopic (exact) mass is 366 g/mol. The highest BCUT2D eigenvalue weighted by Crippen LogP contribution is 2.16. The van der Waals surface area contributed by atoms with Crippen LogP contribution in [0.4, 0.5) is 8.78 Å². The fourth-order valence-electron chi connectivity index (χ4n) is 2.03. The van der Waals surface area contributed by atoms with Crippen LogP contribution in [0.25, 0.3) is 0 Å². The van der Waals surface area contributed by atoms with Gasteiger partial charge < -0.3 is 5.32 Å². The van der Waals surface area contributed by atoms with Crippen molar-refractivity contribution in [3.8, 4) is 0 Å². The third kappa shape index (κ3) is 4.94. The second kappa shape index (κ2) is 8.00. The molecule has 0 saturated carbocycles. The Morgan fingerprint density at radius 3 is 2.60 bits per heavy atom. The van der Waals surface area contributed by atoms with Gasteiger partial charge in [-0.1, -0.05) is 18.2 Å². The minimum absolute atomic E-state index is 0.0308. The molecule has 0 aliphatic rings. The Labute approximate surface area is 144 Å². The molecule has 0 heterocycles. The van der Waals surface area contributed by atoms with Gasteiger partial charge in [0.15, 0.2) is 0 Å². The molecule has 2 aromatic rings. The largest absolute Gasteiger partial charge is 0.348 e. The van der Waals surface area contributed by atoms with Gasteiger partial charge in [-0.2, -0.15) is 0 Å². The van der Waals surface area contributed by atoms with Gasteiger partial charge in [0.1, 0.15) is 16.5 Å². The van der Waals surface area contributed by atoms with Crippen LogP contribution >= 0.6 is 0 Å². The Morgan fingerprint density at radius 1 is 1.16 bits per heavy atom. The number of halogens is 2. The van der Waals surface area contributed by atoms with Crippen molar-refractivity contribution in [2.45, 2.75) is 11.4 Å². The van der Waals surface area contributed by atoms with Crippen molar-refractivity contribution in [3.63, 3.8) is 0 Å².